The van der Waals surface area contributed by atoms with Gasteiger partial charge in [0, 0.05) is 13.6 Å². The number of amides is 1. The van der Waals surface area contributed by atoms with Gasteiger partial charge in [0.25, 0.3) is 0 Å². The van der Waals surface area contributed by atoms with E-state index < -0.39 is 0 Å². The van der Waals surface area contributed by atoms with E-state index in [0.29, 0.717) is 29.0 Å². The standard InChI is InChI=1S/C17H23FN4OS/c1-11(2)9-10-19-16(23)12(3)24-17-21-20-15(22(17)4)13-7-5-6-8-14(13)18/h5-8,11-12H,9-10H2,1-4H3,(H,19,23). The van der Waals surface area contributed by atoms with E-state index >= 15 is 0 Å². The predicted molar refractivity (Wildman–Crippen MR) is 94.2 cm³/mol. The largest absolute Gasteiger partial charge is 0.355 e. The molecule has 130 valence electrons. The van der Waals surface area contributed by atoms with Gasteiger partial charge in [-0.3, -0.25) is 4.79 Å². The lowest BCUT2D eigenvalue weighted by atomic mass is 10.1. The molecule has 0 bridgehead atoms. The first-order valence-electron chi connectivity index (χ1n) is 7.98. The van der Waals surface area contributed by atoms with Crippen molar-refractivity contribution in [1.29, 1.82) is 0 Å². The number of nitrogens with one attached hydrogen (secondary N) is 1. The van der Waals surface area contributed by atoms with Crippen molar-refractivity contribution in [1.82, 2.24) is 20.1 Å². The number of hydrogen-bond acceptors (Lipinski definition) is 4. The predicted octanol–water partition coefficient (Wildman–Crippen LogP) is 3.26. The van der Waals surface area contributed by atoms with Gasteiger partial charge in [-0.1, -0.05) is 37.7 Å². The van der Waals surface area contributed by atoms with Gasteiger partial charge in [-0.2, -0.15) is 0 Å². The Bertz CT molecular complexity index is 702. The zero-order valence-electron chi connectivity index (χ0n) is 14.4. The van der Waals surface area contributed by atoms with Gasteiger partial charge in [-0.05, 0) is 31.4 Å². The summed E-state index contributed by atoms with van der Waals surface area (Å²) in [7, 11) is 1.77. The lowest BCUT2D eigenvalue weighted by Crippen LogP contribution is -2.32. The summed E-state index contributed by atoms with van der Waals surface area (Å²) < 4.78 is 15.6. The molecule has 1 amide bonds. The third kappa shape index (κ3) is 4.56. The van der Waals surface area contributed by atoms with Crippen molar-refractivity contribution in [2.24, 2.45) is 13.0 Å². The Balaban J connectivity index is 2.03. The maximum absolute atomic E-state index is 13.9. The average Bonchev–Trinajstić information content (AvgIpc) is 2.88. The molecule has 0 fully saturated rings. The quantitative estimate of drug-likeness (QED) is 0.779. The van der Waals surface area contributed by atoms with Gasteiger partial charge in [0.15, 0.2) is 11.0 Å². The Labute approximate surface area is 146 Å². The van der Waals surface area contributed by atoms with E-state index in [1.54, 1.807) is 29.8 Å². The summed E-state index contributed by atoms with van der Waals surface area (Å²) in [6.45, 7) is 6.73. The van der Waals surface area contributed by atoms with Crippen LogP contribution in [0, 0.1) is 11.7 Å². The van der Waals surface area contributed by atoms with Gasteiger partial charge in [-0.15, -0.1) is 10.2 Å². The fraction of sp³-hybridized carbons (Fsp3) is 0.471. The smallest absolute Gasteiger partial charge is 0.233 e. The van der Waals surface area contributed by atoms with Gasteiger partial charge in [0.2, 0.25) is 5.91 Å². The minimum absolute atomic E-state index is 0.0314. The van der Waals surface area contributed by atoms with Crippen LogP contribution in [0.15, 0.2) is 29.4 Å². The number of hydrogen-bond donors (Lipinski definition) is 1. The molecule has 0 saturated carbocycles. The number of carbonyl (C=O) groups excluding carboxylic acids is 1. The van der Waals surface area contributed by atoms with E-state index in [1.807, 2.05) is 6.92 Å². The molecule has 1 heterocycles. The molecule has 24 heavy (non-hydrogen) atoms. The Morgan fingerprint density at radius 2 is 2.00 bits per heavy atom. The van der Waals surface area contributed by atoms with Crippen molar-refractivity contribution >= 4 is 17.7 Å². The summed E-state index contributed by atoms with van der Waals surface area (Å²) in [6, 6.07) is 6.44. The highest BCUT2D eigenvalue weighted by molar-refractivity contribution is 8.00. The van der Waals surface area contributed by atoms with Crippen LogP contribution in [0.2, 0.25) is 0 Å². The first kappa shape index (κ1) is 18.4. The van der Waals surface area contributed by atoms with Crippen molar-refractivity contribution in [3.05, 3.63) is 30.1 Å². The molecule has 1 aromatic heterocycles. The van der Waals surface area contributed by atoms with E-state index in [2.05, 4.69) is 29.4 Å². The monoisotopic (exact) mass is 350 g/mol. The third-order valence-electron chi connectivity index (χ3n) is 3.62. The second-order valence-electron chi connectivity index (χ2n) is 6.08. The highest BCUT2D eigenvalue weighted by Gasteiger charge is 2.20. The molecule has 5 nitrogen and oxygen atoms in total. The first-order chi connectivity index (χ1) is 11.4. The van der Waals surface area contributed by atoms with Crippen LogP contribution < -0.4 is 5.32 Å². The number of halogens is 1. The Kier molecular flexibility index (Phi) is 6.36. The summed E-state index contributed by atoms with van der Waals surface area (Å²) in [6.07, 6.45) is 0.949. The fourth-order valence-corrected chi connectivity index (χ4v) is 2.97. The van der Waals surface area contributed by atoms with Crippen molar-refractivity contribution in [3.63, 3.8) is 0 Å². The maximum Gasteiger partial charge on any atom is 0.233 e. The van der Waals surface area contributed by atoms with Crippen molar-refractivity contribution < 1.29 is 9.18 Å². The molecule has 0 aliphatic heterocycles. The summed E-state index contributed by atoms with van der Waals surface area (Å²) >= 11 is 1.31. The molecular formula is C17H23FN4OS. The van der Waals surface area contributed by atoms with E-state index in [0.717, 1.165) is 6.42 Å². The molecule has 1 N–H and O–H groups in total. The van der Waals surface area contributed by atoms with Gasteiger partial charge in [0.1, 0.15) is 5.82 Å². The minimum Gasteiger partial charge on any atom is -0.355 e. The van der Waals surface area contributed by atoms with Crippen molar-refractivity contribution in [3.8, 4) is 11.4 Å². The van der Waals surface area contributed by atoms with Crippen LogP contribution in [-0.2, 0) is 11.8 Å². The maximum atomic E-state index is 13.9. The van der Waals surface area contributed by atoms with Crippen LogP contribution in [0.25, 0.3) is 11.4 Å². The summed E-state index contributed by atoms with van der Waals surface area (Å²) in [5, 5.41) is 11.4. The lowest BCUT2D eigenvalue weighted by molar-refractivity contribution is -0.120. The number of thioether (sulfide) groups is 1. The van der Waals surface area contributed by atoms with Crippen LogP contribution in [0.5, 0.6) is 0 Å². The second-order valence-corrected chi connectivity index (χ2v) is 7.39. The van der Waals surface area contributed by atoms with Crippen molar-refractivity contribution in [2.75, 3.05) is 6.54 Å². The van der Waals surface area contributed by atoms with E-state index in [1.165, 1.54) is 17.8 Å². The van der Waals surface area contributed by atoms with Crippen molar-refractivity contribution in [2.45, 2.75) is 37.6 Å². The molecule has 0 aliphatic rings. The van der Waals surface area contributed by atoms with Gasteiger partial charge < -0.3 is 9.88 Å². The number of carbonyl (C=O) groups is 1. The fourth-order valence-electron chi connectivity index (χ4n) is 2.13. The number of rotatable bonds is 7. The number of benzene rings is 1. The molecule has 7 heteroatoms. The summed E-state index contributed by atoms with van der Waals surface area (Å²) in [5.41, 5.74) is 0.397. The molecule has 1 atom stereocenters. The molecular weight excluding hydrogens is 327 g/mol. The molecule has 2 rings (SSSR count). The van der Waals surface area contributed by atoms with E-state index in [4.69, 9.17) is 0 Å². The summed E-state index contributed by atoms with van der Waals surface area (Å²) in [4.78, 5) is 12.1. The second kappa shape index (κ2) is 8.28. The molecule has 1 aromatic carbocycles. The van der Waals surface area contributed by atoms with Crippen LogP contribution in [0.1, 0.15) is 27.2 Å². The topological polar surface area (TPSA) is 59.8 Å². The molecule has 2 aromatic rings. The number of nitrogens with zero attached hydrogens (tertiary/aromatic N) is 3. The Morgan fingerprint density at radius 3 is 2.67 bits per heavy atom. The zero-order valence-corrected chi connectivity index (χ0v) is 15.2. The van der Waals surface area contributed by atoms with Gasteiger partial charge in [0.05, 0.1) is 10.8 Å². The minimum atomic E-state index is -0.343. The Hall–Kier alpha value is -1.89. The highest BCUT2D eigenvalue weighted by atomic mass is 32.2. The average molecular weight is 350 g/mol. The normalized spacial score (nSPS) is 12.4. The molecule has 0 saturated heterocycles. The number of aromatic nitrogens is 3. The van der Waals surface area contributed by atoms with Gasteiger partial charge in [-0.25, -0.2) is 4.39 Å². The van der Waals surface area contributed by atoms with E-state index in [9.17, 15) is 9.18 Å². The van der Waals surface area contributed by atoms with Crippen LogP contribution in [0.4, 0.5) is 4.39 Å². The SMILES string of the molecule is CC(C)CCNC(=O)C(C)Sc1nnc(-c2ccccc2F)n1C. The van der Waals surface area contributed by atoms with Crippen LogP contribution in [0.3, 0.4) is 0 Å². The molecule has 1 unspecified atom stereocenters. The van der Waals surface area contributed by atoms with E-state index in [-0.39, 0.29) is 17.0 Å². The lowest BCUT2D eigenvalue weighted by Gasteiger charge is -2.12. The molecule has 0 radical (unpaired) electrons. The summed E-state index contributed by atoms with van der Waals surface area (Å²) in [5.74, 6) is 0.624. The third-order valence-corrected chi connectivity index (χ3v) is 4.76. The van der Waals surface area contributed by atoms with Crippen LogP contribution >= 0.6 is 11.8 Å². The Morgan fingerprint density at radius 1 is 1.29 bits per heavy atom. The van der Waals surface area contributed by atoms with Crippen LogP contribution in [-0.4, -0.2) is 32.5 Å². The molecule has 0 aliphatic carbocycles. The van der Waals surface area contributed by atoms with Gasteiger partial charge >= 0.3 is 0 Å². The first-order valence-corrected chi connectivity index (χ1v) is 8.86. The highest BCUT2D eigenvalue weighted by Crippen LogP contribution is 2.26. The molecule has 0 spiro atoms. The zero-order chi connectivity index (χ0) is 17.7.